The summed E-state index contributed by atoms with van der Waals surface area (Å²) in [5, 5.41) is 10.5. The first-order valence-electron chi connectivity index (χ1n) is 8.01. The smallest absolute Gasteiger partial charge is 0.384 e. The van der Waals surface area contributed by atoms with Gasteiger partial charge in [-0.15, -0.1) is 0 Å². The second-order valence-corrected chi connectivity index (χ2v) is 7.00. The number of hydrogen-bond acceptors (Lipinski definition) is 2. The summed E-state index contributed by atoms with van der Waals surface area (Å²) in [6.45, 7) is 0. The lowest BCUT2D eigenvalue weighted by molar-refractivity contribution is -0.139. The zero-order valence-electron chi connectivity index (χ0n) is 13.7. The second-order valence-electron chi connectivity index (χ2n) is 6.08. The van der Waals surface area contributed by atoms with Crippen LogP contribution in [0, 0.1) is 0 Å². The number of rotatable bonds is 3. The first kappa shape index (κ1) is 17.8. The molecule has 2 heterocycles. The highest BCUT2D eigenvalue weighted by atomic mass is 79.9. The van der Waals surface area contributed by atoms with Crippen LogP contribution in [-0.4, -0.2) is 20.1 Å². The summed E-state index contributed by atoms with van der Waals surface area (Å²) in [5.41, 5.74) is 1.42. The van der Waals surface area contributed by atoms with Crippen molar-refractivity contribution in [3.05, 3.63) is 75.9 Å². The molecule has 2 aromatic heterocycles. The molecule has 0 aliphatic carbocycles. The van der Waals surface area contributed by atoms with Crippen molar-refractivity contribution >= 4 is 27.0 Å². The maximum atomic E-state index is 13.2. The maximum Gasteiger partial charge on any atom is 0.416 e. The van der Waals surface area contributed by atoms with Gasteiger partial charge in [0.25, 0.3) is 0 Å². The topological polar surface area (TPSA) is 64.7 Å². The number of H-pyrrole nitrogens is 2. The first-order valence-corrected chi connectivity index (χ1v) is 8.80. The molecule has 0 amide bonds. The number of benzene rings is 2. The molecule has 1 unspecified atom stereocenters. The van der Waals surface area contributed by atoms with Crippen molar-refractivity contribution < 1.29 is 18.3 Å². The number of imidazole rings is 1. The van der Waals surface area contributed by atoms with Gasteiger partial charge in [0, 0.05) is 16.2 Å². The van der Waals surface area contributed by atoms with Gasteiger partial charge in [-0.2, -0.15) is 13.2 Å². The van der Waals surface area contributed by atoms with E-state index >= 15 is 0 Å². The highest BCUT2D eigenvalue weighted by molar-refractivity contribution is 9.10. The molecule has 4 aromatic rings. The monoisotopic (exact) mass is 435 g/mol. The van der Waals surface area contributed by atoms with Crippen LogP contribution >= 0.6 is 15.9 Å². The Kier molecular flexibility index (Phi) is 4.32. The van der Waals surface area contributed by atoms with Gasteiger partial charge in [0.05, 0.1) is 22.3 Å². The quantitative estimate of drug-likeness (QED) is 0.402. The van der Waals surface area contributed by atoms with E-state index in [-0.39, 0.29) is 5.56 Å². The minimum atomic E-state index is -4.54. The van der Waals surface area contributed by atoms with Gasteiger partial charge in [-0.3, -0.25) is 0 Å². The Bertz CT molecular complexity index is 1120. The van der Waals surface area contributed by atoms with Crippen molar-refractivity contribution in [3.63, 3.8) is 0 Å². The largest absolute Gasteiger partial charge is 0.416 e. The summed E-state index contributed by atoms with van der Waals surface area (Å²) in [4.78, 5) is 10.6. The van der Waals surface area contributed by atoms with E-state index in [1.165, 1.54) is 24.4 Å². The third kappa shape index (κ3) is 3.38. The minimum absolute atomic E-state index is 0.191. The van der Waals surface area contributed by atoms with Crippen molar-refractivity contribution in [2.45, 2.75) is 12.3 Å². The van der Waals surface area contributed by atoms with Gasteiger partial charge in [-0.1, -0.05) is 34.1 Å². The lowest BCUT2D eigenvalue weighted by Crippen LogP contribution is -2.12. The zero-order chi connectivity index (χ0) is 19.2. The average molecular weight is 436 g/mol. The van der Waals surface area contributed by atoms with Crippen LogP contribution in [0.15, 0.2) is 59.2 Å². The Balaban J connectivity index is 1.70. The standard InChI is InChI=1S/C19H13BrF3N3O/c20-11-5-6-14-15(8-11)26-18(25-14)16-7-10(9-24-16)17(27)12-3-1-2-4-13(12)19(21,22)23/h1-9,17,24,27H,(H,25,26). The number of halogens is 4. The maximum absolute atomic E-state index is 13.2. The van der Waals surface area contributed by atoms with E-state index in [1.54, 1.807) is 6.07 Å². The summed E-state index contributed by atoms with van der Waals surface area (Å²) in [6, 6.07) is 12.2. The van der Waals surface area contributed by atoms with E-state index < -0.39 is 17.8 Å². The molecule has 0 radical (unpaired) electrons. The molecule has 4 rings (SSSR count). The molecule has 0 fully saturated rings. The van der Waals surface area contributed by atoms with E-state index in [0.717, 1.165) is 21.6 Å². The summed E-state index contributed by atoms with van der Waals surface area (Å²) < 4.78 is 40.5. The number of aliphatic hydroxyl groups is 1. The Hall–Kier alpha value is -2.58. The van der Waals surface area contributed by atoms with E-state index in [1.807, 2.05) is 18.2 Å². The number of nitrogens with one attached hydrogen (secondary N) is 2. The van der Waals surface area contributed by atoms with Crippen LogP contribution in [0.3, 0.4) is 0 Å². The predicted octanol–water partition coefficient (Wildman–Crippen LogP) is 5.42. The fourth-order valence-corrected chi connectivity index (χ4v) is 3.35. The van der Waals surface area contributed by atoms with Crippen LogP contribution in [0.5, 0.6) is 0 Å². The van der Waals surface area contributed by atoms with Gasteiger partial charge >= 0.3 is 6.18 Å². The van der Waals surface area contributed by atoms with E-state index in [4.69, 9.17) is 0 Å². The lowest BCUT2D eigenvalue weighted by Gasteiger charge is -2.16. The number of hydrogen-bond donors (Lipinski definition) is 3. The molecule has 4 nitrogen and oxygen atoms in total. The molecule has 27 heavy (non-hydrogen) atoms. The predicted molar refractivity (Wildman–Crippen MR) is 99.1 cm³/mol. The van der Waals surface area contributed by atoms with Gasteiger partial charge < -0.3 is 15.1 Å². The first-order chi connectivity index (χ1) is 12.8. The summed E-state index contributed by atoms with van der Waals surface area (Å²) >= 11 is 3.39. The molecule has 3 N–H and O–H groups in total. The van der Waals surface area contributed by atoms with Crippen LogP contribution in [-0.2, 0) is 6.18 Å². The molecule has 0 spiro atoms. The Labute approximate surface area is 160 Å². The normalized spacial score (nSPS) is 13.2. The van der Waals surface area contributed by atoms with Gasteiger partial charge in [0.15, 0.2) is 5.82 Å². The SMILES string of the molecule is OC(c1c[nH]c(-c2nc3ccc(Br)cc3[nH]2)c1)c1ccccc1C(F)(F)F. The van der Waals surface area contributed by atoms with Crippen molar-refractivity contribution in [2.24, 2.45) is 0 Å². The number of aliphatic hydroxyl groups excluding tert-OH is 1. The molecule has 2 aromatic carbocycles. The Morgan fingerprint density at radius 1 is 1.07 bits per heavy atom. The minimum Gasteiger partial charge on any atom is -0.384 e. The van der Waals surface area contributed by atoms with Crippen LogP contribution in [0.25, 0.3) is 22.6 Å². The molecule has 0 saturated carbocycles. The van der Waals surface area contributed by atoms with Crippen LogP contribution in [0.1, 0.15) is 22.8 Å². The third-order valence-electron chi connectivity index (χ3n) is 4.28. The summed E-state index contributed by atoms with van der Waals surface area (Å²) in [5.74, 6) is 0.533. The van der Waals surface area contributed by atoms with Gasteiger partial charge in [-0.05, 0) is 35.9 Å². The van der Waals surface area contributed by atoms with E-state index in [9.17, 15) is 18.3 Å². The number of fused-ring (bicyclic) bond motifs is 1. The van der Waals surface area contributed by atoms with E-state index in [0.29, 0.717) is 17.1 Å². The number of aromatic amines is 2. The van der Waals surface area contributed by atoms with Gasteiger partial charge in [0.1, 0.15) is 6.10 Å². The Morgan fingerprint density at radius 2 is 1.85 bits per heavy atom. The molecule has 0 bridgehead atoms. The molecular formula is C19H13BrF3N3O. The van der Waals surface area contributed by atoms with Gasteiger partial charge in [-0.25, -0.2) is 4.98 Å². The third-order valence-corrected chi connectivity index (χ3v) is 4.77. The van der Waals surface area contributed by atoms with E-state index in [2.05, 4.69) is 30.9 Å². The van der Waals surface area contributed by atoms with Crippen LogP contribution in [0.4, 0.5) is 13.2 Å². The molecule has 0 saturated heterocycles. The summed E-state index contributed by atoms with van der Waals surface area (Å²) in [7, 11) is 0. The summed E-state index contributed by atoms with van der Waals surface area (Å²) in [6.07, 6.45) is -4.47. The molecule has 1 atom stereocenters. The lowest BCUT2D eigenvalue weighted by atomic mass is 9.98. The van der Waals surface area contributed by atoms with Crippen molar-refractivity contribution in [1.29, 1.82) is 0 Å². The second kappa shape index (κ2) is 6.54. The number of alkyl halides is 3. The molecular weight excluding hydrogens is 423 g/mol. The molecule has 0 aliphatic rings. The highest BCUT2D eigenvalue weighted by Crippen LogP contribution is 2.37. The fraction of sp³-hybridized carbons (Fsp3) is 0.105. The zero-order valence-corrected chi connectivity index (χ0v) is 15.3. The molecule has 138 valence electrons. The van der Waals surface area contributed by atoms with Crippen molar-refractivity contribution in [3.8, 4) is 11.5 Å². The number of aromatic nitrogens is 3. The average Bonchev–Trinajstić information content (AvgIpc) is 3.26. The van der Waals surface area contributed by atoms with Crippen molar-refractivity contribution in [1.82, 2.24) is 15.0 Å². The highest BCUT2D eigenvalue weighted by Gasteiger charge is 2.35. The number of nitrogens with zero attached hydrogens (tertiary/aromatic N) is 1. The molecule has 0 aliphatic heterocycles. The molecule has 8 heteroatoms. The van der Waals surface area contributed by atoms with Gasteiger partial charge in [0.2, 0.25) is 0 Å². The van der Waals surface area contributed by atoms with Crippen molar-refractivity contribution in [2.75, 3.05) is 0 Å². The fourth-order valence-electron chi connectivity index (χ4n) is 2.99. The van der Waals surface area contributed by atoms with Crippen LogP contribution in [0.2, 0.25) is 0 Å². The Morgan fingerprint density at radius 3 is 2.63 bits per heavy atom. The van der Waals surface area contributed by atoms with Crippen LogP contribution < -0.4 is 0 Å².